The van der Waals surface area contributed by atoms with Crippen molar-refractivity contribution in [2.45, 2.75) is 11.8 Å². The molecule has 1 aromatic heterocycles. The van der Waals surface area contributed by atoms with Crippen molar-refractivity contribution in [2.24, 2.45) is 7.05 Å². The lowest BCUT2D eigenvalue weighted by atomic mass is 10.1. The van der Waals surface area contributed by atoms with Crippen LogP contribution < -0.4 is 31.0 Å². The van der Waals surface area contributed by atoms with Crippen molar-refractivity contribution in [3.05, 3.63) is 136 Å². The third-order valence-corrected chi connectivity index (χ3v) is 8.54. The predicted molar refractivity (Wildman–Crippen MR) is 192 cm³/mol. The molecule has 0 unspecified atom stereocenters. The fourth-order valence-electron chi connectivity index (χ4n) is 4.95. The first-order valence-corrected chi connectivity index (χ1v) is 16.1. The average Bonchev–Trinajstić information content (AvgIpc) is 3.33. The van der Waals surface area contributed by atoms with Crippen LogP contribution >= 0.6 is 11.8 Å². The van der Waals surface area contributed by atoms with Gasteiger partial charge in [-0.15, -0.1) is 11.8 Å². The number of amides is 3. The number of thioether (sulfide) groups is 1. The maximum absolute atomic E-state index is 13.6. The first-order valence-electron chi connectivity index (χ1n) is 15.2. The minimum absolute atomic E-state index is 0.0183. The zero-order valence-electron chi connectivity index (χ0n) is 27.4. The monoisotopic (exact) mass is 677 g/mol. The summed E-state index contributed by atoms with van der Waals surface area (Å²) in [4.78, 5) is 53.6. The second-order valence-electron chi connectivity index (χ2n) is 10.7. The highest BCUT2D eigenvalue weighted by Gasteiger charge is 2.19. The Morgan fingerprint density at radius 3 is 2.24 bits per heavy atom. The lowest BCUT2D eigenvalue weighted by Crippen LogP contribution is -2.30. The first kappa shape index (κ1) is 34.3. The van der Waals surface area contributed by atoms with E-state index in [-0.39, 0.29) is 28.6 Å². The molecule has 5 rings (SSSR count). The van der Waals surface area contributed by atoms with Crippen LogP contribution in [0.15, 0.2) is 119 Å². The molecule has 0 saturated heterocycles. The summed E-state index contributed by atoms with van der Waals surface area (Å²) in [7, 11) is 4.79. The second-order valence-corrected chi connectivity index (χ2v) is 11.8. The Hall–Kier alpha value is -6.01. The Bertz CT molecular complexity index is 2070. The predicted octanol–water partition coefficient (Wildman–Crippen LogP) is 5.64. The Kier molecular flexibility index (Phi) is 11.0. The van der Waals surface area contributed by atoms with E-state index in [0.29, 0.717) is 44.6 Å². The van der Waals surface area contributed by atoms with E-state index in [0.717, 1.165) is 0 Å². The van der Waals surface area contributed by atoms with Crippen LogP contribution in [0.5, 0.6) is 11.5 Å². The topological polar surface area (TPSA) is 133 Å². The number of benzene rings is 4. The zero-order valence-corrected chi connectivity index (χ0v) is 28.2. The van der Waals surface area contributed by atoms with Gasteiger partial charge in [0, 0.05) is 28.8 Å². The molecule has 0 spiro atoms. The van der Waals surface area contributed by atoms with E-state index < -0.39 is 11.8 Å². The summed E-state index contributed by atoms with van der Waals surface area (Å²) in [6.07, 6.45) is 1.51. The van der Waals surface area contributed by atoms with Crippen LogP contribution in [0.3, 0.4) is 0 Å². The number of hydrogen-bond acceptors (Lipinski definition) is 7. The molecule has 11 nitrogen and oxygen atoms in total. The normalized spacial score (nSPS) is 11.1. The van der Waals surface area contributed by atoms with Gasteiger partial charge in [0.15, 0.2) is 0 Å². The van der Waals surface area contributed by atoms with Gasteiger partial charge in [-0.3, -0.25) is 23.9 Å². The quantitative estimate of drug-likeness (QED) is 0.115. The molecule has 3 N–H and O–H groups in total. The van der Waals surface area contributed by atoms with Crippen LogP contribution in [-0.4, -0.2) is 47.1 Å². The smallest absolute Gasteiger partial charge is 0.295 e. The average molecular weight is 678 g/mol. The van der Waals surface area contributed by atoms with Crippen LogP contribution in [0.4, 0.5) is 11.4 Å². The van der Waals surface area contributed by atoms with Gasteiger partial charge in [0.25, 0.3) is 17.4 Å². The van der Waals surface area contributed by atoms with Crippen LogP contribution in [0, 0.1) is 6.92 Å². The molecular formula is C37H35N5O6S. The summed E-state index contributed by atoms with van der Waals surface area (Å²) in [6, 6.07) is 29.8. The minimum atomic E-state index is -0.580. The summed E-state index contributed by atoms with van der Waals surface area (Å²) in [5.41, 5.74) is 2.49. The van der Waals surface area contributed by atoms with E-state index in [1.54, 1.807) is 91.4 Å². The Morgan fingerprint density at radius 1 is 0.837 bits per heavy atom. The van der Waals surface area contributed by atoms with Gasteiger partial charge in [-0.25, -0.2) is 4.68 Å². The zero-order chi connectivity index (χ0) is 34.9. The van der Waals surface area contributed by atoms with Crippen molar-refractivity contribution < 1.29 is 23.9 Å². The molecule has 0 radical (unpaired) electrons. The van der Waals surface area contributed by atoms with Gasteiger partial charge in [0.05, 0.1) is 31.4 Å². The molecule has 0 aliphatic carbocycles. The number of nitrogens with zero attached hydrogens (tertiary/aromatic N) is 2. The summed E-state index contributed by atoms with van der Waals surface area (Å²) in [5.74, 6) is -0.372. The van der Waals surface area contributed by atoms with Gasteiger partial charge in [0.2, 0.25) is 5.91 Å². The van der Waals surface area contributed by atoms with Crippen LogP contribution in [-0.2, 0) is 16.6 Å². The second kappa shape index (κ2) is 15.7. The van der Waals surface area contributed by atoms with E-state index in [1.165, 1.54) is 36.7 Å². The number of ether oxygens (including phenoxy) is 2. The molecule has 0 aliphatic rings. The van der Waals surface area contributed by atoms with E-state index in [9.17, 15) is 19.2 Å². The molecule has 12 heteroatoms. The molecule has 250 valence electrons. The summed E-state index contributed by atoms with van der Waals surface area (Å²) < 4.78 is 14.0. The molecule has 0 saturated carbocycles. The van der Waals surface area contributed by atoms with Crippen LogP contribution in [0.1, 0.15) is 21.6 Å². The number of rotatable bonds is 12. The number of carbonyl (C=O) groups is 3. The van der Waals surface area contributed by atoms with Gasteiger partial charge in [0.1, 0.15) is 22.9 Å². The highest BCUT2D eigenvalue weighted by molar-refractivity contribution is 8.00. The summed E-state index contributed by atoms with van der Waals surface area (Å²) >= 11 is 1.24. The Morgan fingerprint density at radius 2 is 1.55 bits per heavy atom. The van der Waals surface area contributed by atoms with E-state index >= 15 is 0 Å². The molecule has 1 heterocycles. The lowest BCUT2D eigenvalue weighted by molar-refractivity contribution is -0.114. The highest BCUT2D eigenvalue weighted by Crippen LogP contribution is 2.27. The van der Waals surface area contributed by atoms with E-state index in [2.05, 4.69) is 16.0 Å². The van der Waals surface area contributed by atoms with E-state index in [1.807, 2.05) is 30.3 Å². The largest absolute Gasteiger partial charge is 0.497 e. The van der Waals surface area contributed by atoms with Gasteiger partial charge >= 0.3 is 0 Å². The molecule has 49 heavy (non-hydrogen) atoms. The van der Waals surface area contributed by atoms with Gasteiger partial charge < -0.3 is 25.4 Å². The van der Waals surface area contributed by atoms with Crippen molar-refractivity contribution in [1.29, 1.82) is 0 Å². The Balaban J connectivity index is 1.31. The minimum Gasteiger partial charge on any atom is -0.497 e. The number of anilines is 2. The van der Waals surface area contributed by atoms with Gasteiger partial charge in [-0.05, 0) is 73.7 Å². The first-order chi connectivity index (χ1) is 23.7. The highest BCUT2D eigenvalue weighted by atomic mass is 32.2. The van der Waals surface area contributed by atoms with Crippen molar-refractivity contribution in [3.63, 3.8) is 0 Å². The van der Waals surface area contributed by atoms with Crippen molar-refractivity contribution >= 4 is 46.9 Å². The number of nitrogens with one attached hydrogen (secondary N) is 3. The molecule has 3 amide bonds. The molecule has 0 atom stereocenters. The number of para-hydroxylation sites is 1. The van der Waals surface area contributed by atoms with E-state index in [4.69, 9.17) is 9.47 Å². The number of hydrogen-bond donors (Lipinski definition) is 3. The summed E-state index contributed by atoms with van der Waals surface area (Å²) in [5, 5.41) is 8.32. The molecule has 0 bridgehead atoms. The molecule has 4 aromatic carbocycles. The summed E-state index contributed by atoms with van der Waals surface area (Å²) in [6.45, 7) is 1.77. The van der Waals surface area contributed by atoms with Crippen molar-refractivity contribution in [3.8, 4) is 17.2 Å². The third-order valence-electron chi connectivity index (χ3n) is 7.55. The third kappa shape index (κ3) is 8.29. The lowest BCUT2D eigenvalue weighted by Gasteiger charge is -2.13. The van der Waals surface area contributed by atoms with Gasteiger partial charge in [-0.2, -0.15) is 0 Å². The van der Waals surface area contributed by atoms with Crippen molar-refractivity contribution in [1.82, 2.24) is 14.7 Å². The number of aromatic nitrogens is 2. The fraction of sp³-hybridized carbons (Fsp3) is 0.135. The maximum atomic E-state index is 13.6. The molecule has 0 aliphatic heterocycles. The molecule has 0 fully saturated rings. The molecular weight excluding hydrogens is 643 g/mol. The number of methoxy groups -OCH3 is 2. The number of carbonyl (C=O) groups excluding carboxylic acids is 3. The SMILES string of the molecule is COc1ccc(OC)c(/C=C(/NC(=O)c2ccccc2)C(=O)Nc2cccc(SCC(=O)Nc3c(C)n(C)n(-c4ccccc4)c3=O)c2)c1. The van der Waals surface area contributed by atoms with Crippen molar-refractivity contribution in [2.75, 3.05) is 30.6 Å². The fourth-order valence-corrected chi connectivity index (χ4v) is 5.70. The van der Waals surface area contributed by atoms with Gasteiger partial charge in [-0.1, -0.05) is 42.5 Å². The standard InChI is InChI=1S/C37H35N5O6S/c1-24-34(37(46)42(41(24)2)28-15-9-6-10-16-28)40-33(43)23-49-30-17-11-14-27(22-30)38-36(45)31(39-35(44)25-12-7-5-8-13-25)21-26-20-29(47-3)18-19-32(26)48-4/h5-22H,23H2,1-4H3,(H,38,45)(H,39,44)(H,40,43)/b31-21+. The maximum Gasteiger partial charge on any atom is 0.295 e. The van der Waals surface area contributed by atoms with Crippen LogP contribution in [0.2, 0.25) is 0 Å². The molecule has 5 aromatic rings. The Labute approximate surface area is 287 Å². The van der Waals surface area contributed by atoms with Crippen LogP contribution in [0.25, 0.3) is 11.8 Å².